The standard InChI is InChI=1S/C6H6.C4H8N.C2H4O.C2H6.Rb/c1-2-4-6-5-3-1;1-2-4-5-3-1;1-2-3;1-2;/h1-6H;1-4H2;2H,1H3;1-2H3;/q;-1;;;+1. The molecule has 0 atom stereocenters. The van der Waals surface area contributed by atoms with Crippen LogP contribution in [0.15, 0.2) is 36.4 Å². The zero-order chi connectivity index (χ0) is 12.5. The average molecular weight is 308 g/mol. The summed E-state index contributed by atoms with van der Waals surface area (Å²) in [6.07, 6.45) is 3.42. The van der Waals surface area contributed by atoms with Crippen molar-refractivity contribution in [1.29, 1.82) is 0 Å². The van der Waals surface area contributed by atoms with Gasteiger partial charge in [-0.05, 0) is 6.92 Å². The molecule has 17 heavy (non-hydrogen) atoms. The Morgan fingerprint density at radius 2 is 1.12 bits per heavy atom. The van der Waals surface area contributed by atoms with E-state index in [1.807, 2.05) is 50.2 Å². The van der Waals surface area contributed by atoms with E-state index in [1.165, 1.54) is 19.8 Å². The Kier molecular flexibility index (Phi) is 34.2. The van der Waals surface area contributed by atoms with E-state index in [-0.39, 0.29) is 58.2 Å². The zero-order valence-corrected chi connectivity index (χ0v) is 16.6. The summed E-state index contributed by atoms with van der Waals surface area (Å²) in [4.78, 5) is 8.81. The van der Waals surface area contributed by atoms with E-state index < -0.39 is 0 Å². The van der Waals surface area contributed by atoms with Gasteiger partial charge in [0.2, 0.25) is 0 Å². The number of aldehydes is 1. The van der Waals surface area contributed by atoms with Crippen LogP contribution in [0.2, 0.25) is 0 Å². The predicted octanol–water partition coefficient (Wildman–Crippen LogP) is 1.08. The van der Waals surface area contributed by atoms with Crippen molar-refractivity contribution in [2.24, 2.45) is 0 Å². The molecule has 0 saturated carbocycles. The summed E-state index contributed by atoms with van der Waals surface area (Å²) < 4.78 is 0. The molecule has 0 radical (unpaired) electrons. The molecule has 1 heterocycles. The molecule has 3 heteroatoms. The molecule has 2 nitrogen and oxygen atoms in total. The van der Waals surface area contributed by atoms with Crippen LogP contribution in [-0.2, 0) is 4.79 Å². The van der Waals surface area contributed by atoms with Gasteiger partial charge in [0.15, 0.2) is 0 Å². The van der Waals surface area contributed by atoms with Crippen molar-refractivity contribution in [1.82, 2.24) is 0 Å². The number of hydrogen-bond donors (Lipinski definition) is 0. The van der Waals surface area contributed by atoms with E-state index in [9.17, 15) is 0 Å². The van der Waals surface area contributed by atoms with E-state index >= 15 is 0 Å². The molecule has 1 aromatic rings. The van der Waals surface area contributed by atoms with Crippen molar-refractivity contribution >= 4 is 6.29 Å². The van der Waals surface area contributed by atoms with Gasteiger partial charge in [0.25, 0.3) is 0 Å². The number of carbonyl (C=O) groups is 1. The third-order valence-corrected chi connectivity index (χ3v) is 1.55. The van der Waals surface area contributed by atoms with Gasteiger partial charge in [-0.2, -0.15) is 0 Å². The van der Waals surface area contributed by atoms with Gasteiger partial charge < -0.3 is 10.1 Å². The monoisotopic (exact) mass is 307 g/mol. The van der Waals surface area contributed by atoms with Crippen molar-refractivity contribution in [3.05, 3.63) is 41.7 Å². The van der Waals surface area contributed by atoms with Crippen LogP contribution < -0.4 is 58.2 Å². The largest absolute Gasteiger partial charge is 1.00 e. The van der Waals surface area contributed by atoms with Gasteiger partial charge in [0, 0.05) is 0 Å². The molecule has 0 unspecified atom stereocenters. The van der Waals surface area contributed by atoms with Crippen molar-refractivity contribution < 1.29 is 63.0 Å². The summed E-state index contributed by atoms with van der Waals surface area (Å²) in [6.45, 7) is 7.69. The van der Waals surface area contributed by atoms with Crippen molar-refractivity contribution in [3.63, 3.8) is 0 Å². The Morgan fingerprint density at radius 1 is 0.882 bits per heavy atom. The molecule has 0 aromatic heterocycles. The van der Waals surface area contributed by atoms with Crippen LogP contribution in [0.1, 0.15) is 33.6 Å². The van der Waals surface area contributed by atoms with E-state index in [0.717, 1.165) is 19.4 Å². The number of rotatable bonds is 0. The molecule has 0 aliphatic carbocycles. The molecule has 1 saturated heterocycles. The maximum absolute atomic E-state index is 8.81. The third kappa shape index (κ3) is 26.3. The molecule has 0 bridgehead atoms. The van der Waals surface area contributed by atoms with Crippen LogP contribution in [0.3, 0.4) is 0 Å². The second-order valence-electron chi connectivity index (χ2n) is 2.77. The SMILES string of the molecule is C1CC[N-]C1.CC.CC=O.[Rb+].c1ccccc1. The van der Waals surface area contributed by atoms with Crippen LogP contribution in [0, 0.1) is 0 Å². The molecule has 0 amide bonds. The molecule has 0 spiro atoms. The van der Waals surface area contributed by atoms with Crippen molar-refractivity contribution in [3.8, 4) is 0 Å². The van der Waals surface area contributed by atoms with E-state index in [2.05, 4.69) is 5.32 Å². The minimum atomic E-state index is 0. The number of carbonyl (C=O) groups excluding carboxylic acids is 1. The number of nitrogens with zero attached hydrogens (tertiary/aromatic N) is 1. The molecular weight excluding hydrogens is 284 g/mol. The van der Waals surface area contributed by atoms with Crippen molar-refractivity contribution in [2.75, 3.05) is 13.1 Å². The predicted molar refractivity (Wildman–Crippen MR) is 71.9 cm³/mol. The molecule has 92 valence electrons. The quantitative estimate of drug-likeness (QED) is 0.660. The fourth-order valence-electron chi connectivity index (χ4n) is 0.944. The Morgan fingerprint density at radius 3 is 1.24 bits per heavy atom. The molecule has 1 aliphatic heterocycles. The van der Waals surface area contributed by atoms with Crippen LogP contribution >= 0.6 is 0 Å². The molecular formula is C14H24NORb. The van der Waals surface area contributed by atoms with Crippen LogP contribution in [0.25, 0.3) is 5.32 Å². The molecule has 1 fully saturated rings. The van der Waals surface area contributed by atoms with Gasteiger partial charge in [-0.3, -0.25) is 0 Å². The minimum absolute atomic E-state index is 0. The first kappa shape index (κ1) is 22.8. The molecule has 0 N–H and O–H groups in total. The second kappa shape index (κ2) is 25.5. The summed E-state index contributed by atoms with van der Waals surface area (Å²) >= 11 is 0. The zero-order valence-electron chi connectivity index (χ0n) is 11.7. The fraction of sp³-hybridized carbons (Fsp3) is 0.500. The Bertz CT molecular complexity index is 166. The maximum atomic E-state index is 8.81. The fourth-order valence-corrected chi connectivity index (χ4v) is 0.944. The smallest absolute Gasteiger partial charge is 0.662 e. The maximum Gasteiger partial charge on any atom is 1.00 e. The van der Waals surface area contributed by atoms with Gasteiger partial charge >= 0.3 is 58.2 Å². The van der Waals surface area contributed by atoms with E-state index in [1.54, 1.807) is 0 Å². The van der Waals surface area contributed by atoms with Crippen LogP contribution in [0.4, 0.5) is 0 Å². The van der Waals surface area contributed by atoms with Gasteiger partial charge in [0.1, 0.15) is 6.29 Å². The van der Waals surface area contributed by atoms with Gasteiger partial charge in [-0.15, -0.1) is 13.1 Å². The molecule has 1 aromatic carbocycles. The summed E-state index contributed by atoms with van der Waals surface area (Å²) in [6, 6.07) is 12.0. The van der Waals surface area contributed by atoms with Gasteiger partial charge in [-0.1, -0.05) is 63.1 Å². The van der Waals surface area contributed by atoms with Gasteiger partial charge in [0.05, 0.1) is 0 Å². The summed E-state index contributed by atoms with van der Waals surface area (Å²) in [5.41, 5.74) is 0. The third-order valence-electron chi connectivity index (χ3n) is 1.55. The summed E-state index contributed by atoms with van der Waals surface area (Å²) in [5, 5.41) is 4.08. The Balaban J connectivity index is -0.000000164. The Hall–Kier alpha value is 0.655. The molecule has 2 rings (SSSR count). The van der Waals surface area contributed by atoms with Crippen LogP contribution in [0.5, 0.6) is 0 Å². The van der Waals surface area contributed by atoms with Gasteiger partial charge in [-0.25, -0.2) is 0 Å². The first-order chi connectivity index (χ1) is 7.91. The van der Waals surface area contributed by atoms with Crippen LogP contribution in [-0.4, -0.2) is 19.4 Å². The number of benzene rings is 1. The summed E-state index contributed by atoms with van der Waals surface area (Å²) in [5.74, 6) is 0. The average Bonchev–Trinajstić information content (AvgIpc) is 2.94. The minimum Gasteiger partial charge on any atom is -0.662 e. The Labute approximate surface area is 155 Å². The first-order valence-corrected chi connectivity index (χ1v) is 5.95. The van der Waals surface area contributed by atoms with E-state index in [0.29, 0.717) is 0 Å². The topological polar surface area (TPSA) is 31.2 Å². The summed E-state index contributed by atoms with van der Waals surface area (Å²) in [7, 11) is 0. The van der Waals surface area contributed by atoms with E-state index in [4.69, 9.17) is 4.79 Å². The van der Waals surface area contributed by atoms with Crippen molar-refractivity contribution in [2.45, 2.75) is 33.6 Å². The second-order valence-corrected chi connectivity index (χ2v) is 2.77. The normalized spacial score (nSPS) is 11.0. The molecule has 1 aliphatic rings. The first-order valence-electron chi connectivity index (χ1n) is 5.95. The number of hydrogen-bond acceptors (Lipinski definition) is 1.